The normalized spacial score (nSPS) is 18.1. The zero-order valence-electron chi connectivity index (χ0n) is 14.0. The van der Waals surface area contributed by atoms with Gasteiger partial charge in [0.15, 0.2) is 0 Å². The highest BCUT2D eigenvalue weighted by atomic mass is 16.5. The summed E-state index contributed by atoms with van der Waals surface area (Å²) >= 11 is 0. The van der Waals surface area contributed by atoms with E-state index in [4.69, 9.17) is 14.6 Å². The van der Waals surface area contributed by atoms with Crippen molar-refractivity contribution in [3.8, 4) is 5.75 Å². The van der Waals surface area contributed by atoms with E-state index >= 15 is 0 Å². The molecule has 0 bridgehead atoms. The summed E-state index contributed by atoms with van der Waals surface area (Å²) in [7, 11) is 0. The van der Waals surface area contributed by atoms with Crippen LogP contribution in [0.25, 0.3) is 0 Å². The first kappa shape index (κ1) is 18.3. The van der Waals surface area contributed by atoms with Gasteiger partial charge in [0.25, 0.3) is 5.91 Å². The van der Waals surface area contributed by atoms with E-state index in [1.54, 1.807) is 24.3 Å². The van der Waals surface area contributed by atoms with Crippen LogP contribution in [-0.4, -0.2) is 42.3 Å². The first-order valence-electron chi connectivity index (χ1n) is 8.48. The molecule has 1 aromatic rings. The number of benzene rings is 1. The highest BCUT2D eigenvalue weighted by Gasteiger charge is 2.20. The molecule has 0 radical (unpaired) electrons. The highest BCUT2D eigenvalue weighted by molar-refractivity contribution is 5.96. The molecular weight excluding hydrogens is 310 g/mol. The summed E-state index contributed by atoms with van der Waals surface area (Å²) < 4.78 is 11.1. The number of carbonyl (C=O) groups is 2. The smallest absolute Gasteiger partial charge is 0.326 e. The number of carbonyl (C=O) groups excluding carboxylic acids is 1. The fraction of sp³-hybridized carbons (Fsp3) is 0.556. The number of nitrogens with one attached hydrogen (secondary N) is 1. The molecule has 1 aromatic carbocycles. The van der Waals surface area contributed by atoms with E-state index < -0.39 is 12.0 Å². The van der Waals surface area contributed by atoms with Crippen LogP contribution >= 0.6 is 0 Å². The van der Waals surface area contributed by atoms with Crippen LogP contribution in [0.2, 0.25) is 0 Å². The van der Waals surface area contributed by atoms with Crippen LogP contribution in [0, 0.1) is 0 Å². The van der Waals surface area contributed by atoms with Crippen LogP contribution in [0.3, 0.4) is 0 Å². The second kappa shape index (κ2) is 9.27. The molecule has 2 N–H and O–H groups in total. The van der Waals surface area contributed by atoms with E-state index in [2.05, 4.69) is 5.32 Å². The van der Waals surface area contributed by atoms with Gasteiger partial charge < -0.3 is 19.9 Å². The Kier molecular flexibility index (Phi) is 7.06. The highest BCUT2D eigenvalue weighted by Crippen LogP contribution is 2.16. The Labute approximate surface area is 142 Å². The molecule has 2 rings (SSSR count). The first-order chi connectivity index (χ1) is 11.6. The Morgan fingerprint density at radius 2 is 2.12 bits per heavy atom. The average Bonchev–Trinajstić information content (AvgIpc) is 3.10. The SMILES string of the molecule is CCCC[C@H](NC(=O)c1ccc(OCC2CCCO2)cc1)C(=O)O. The lowest BCUT2D eigenvalue weighted by Gasteiger charge is -2.14. The number of carboxylic acid groups (broad SMARTS) is 1. The number of hydrogen-bond acceptors (Lipinski definition) is 4. The Morgan fingerprint density at radius 3 is 2.71 bits per heavy atom. The van der Waals surface area contributed by atoms with Crippen molar-refractivity contribution in [3.05, 3.63) is 29.8 Å². The Morgan fingerprint density at radius 1 is 1.38 bits per heavy atom. The summed E-state index contributed by atoms with van der Waals surface area (Å²) in [6, 6.07) is 5.85. The number of ether oxygens (including phenoxy) is 2. The molecule has 0 saturated carbocycles. The summed E-state index contributed by atoms with van der Waals surface area (Å²) in [5.74, 6) is -0.722. The fourth-order valence-electron chi connectivity index (χ4n) is 2.57. The predicted molar refractivity (Wildman–Crippen MR) is 89.3 cm³/mol. The lowest BCUT2D eigenvalue weighted by molar-refractivity contribution is -0.139. The van der Waals surface area contributed by atoms with E-state index in [0.29, 0.717) is 24.3 Å². The van der Waals surface area contributed by atoms with Gasteiger partial charge in [0.05, 0.1) is 6.10 Å². The molecule has 6 nitrogen and oxygen atoms in total. The molecule has 1 aliphatic rings. The molecule has 1 unspecified atom stereocenters. The second-order valence-electron chi connectivity index (χ2n) is 5.98. The summed E-state index contributed by atoms with van der Waals surface area (Å²) in [6.07, 6.45) is 4.29. The van der Waals surface area contributed by atoms with Crippen molar-refractivity contribution in [1.82, 2.24) is 5.32 Å². The quantitative estimate of drug-likeness (QED) is 0.724. The van der Waals surface area contributed by atoms with Crippen molar-refractivity contribution in [2.45, 2.75) is 51.2 Å². The molecule has 6 heteroatoms. The molecular formula is C18H25NO5. The van der Waals surface area contributed by atoms with Gasteiger partial charge in [-0.05, 0) is 43.5 Å². The van der Waals surface area contributed by atoms with Crippen molar-refractivity contribution < 1.29 is 24.2 Å². The van der Waals surface area contributed by atoms with Gasteiger partial charge in [0.2, 0.25) is 0 Å². The van der Waals surface area contributed by atoms with Crippen molar-refractivity contribution in [1.29, 1.82) is 0 Å². The van der Waals surface area contributed by atoms with Crippen LogP contribution < -0.4 is 10.1 Å². The Balaban J connectivity index is 1.86. The molecule has 0 aromatic heterocycles. The van der Waals surface area contributed by atoms with Gasteiger partial charge in [-0.1, -0.05) is 19.8 Å². The van der Waals surface area contributed by atoms with Crippen molar-refractivity contribution in [2.24, 2.45) is 0 Å². The van der Waals surface area contributed by atoms with Crippen LogP contribution in [0.15, 0.2) is 24.3 Å². The fourth-order valence-corrected chi connectivity index (χ4v) is 2.57. The van der Waals surface area contributed by atoms with E-state index in [9.17, 15) is 9.59 Å². The van der Waals surface area contributed by atoms with Gasteiger partial charge in [0, 0.05) is 12.2 Å². The molecule has 0 aliphatic carbocycles. The van der Waals surface area contributed by atoms with E-state index in [-0.39, 0.29) is 12.0 Å². The van der Waals surface area contributed by atoms with Gasteiger partial charge in [-0.2, -0.15) is 0 Å². The van der Waals surface area contributed by atoms with Gasteiger partial charge >= 0.3 is 5.97 Å². The number of rotatable bonds is 9. The molecule has 1 fully saturated rings. The largest absolute Gasteiger partial charge is 0.491 e. The number of aliphatic carboxylic acids is 1. The molecule has 1 heterocycles. The maximum atomic E-state index is 12.2. The number of hydrogen-bond donors (Lipinski definition) is 2. The minimum absolute atomic E-state index is 0.142. The van der Waals surface area contributed by atoms with E-state index in [0.717, 1.165) is 32.3 Å². The molecule has 1 saturated heterocycles. The first-order valence-corrected chi connectivity index (χ1v) is 8.48. The van der Waals surface area contributed by atoms with Crippen LogP contribution in [0.4, 0.5) is 0 Å². The minimum atomic E-state index is -1.01. The molecule has 2 atom stereocenters. The van der Waals surface area contributed by atoms with Crippen LogP contribution in [0.5, 0.6) is 5.75 Å². The van der Waals surface area contributed by atoms with Gasteiger partial charge in [-0.25, -0.2) is 4.79 Å². The average molecular weight is 335 g/mol. The molecule has 1 aliphatic heterocycles. The minimum Gasteiger partial charge on any atom is -0.491 e. The standard InChI is InChI=1S/C18H25NO5/c1-2-3-6-16(18(21)22)19-17(20)13-7-9-14(10-8-13)24-12-15-5-4-11-23-15/h7-10,15-16H,2-6,11-12H2,1H3,(H,19,20)(H,21,22)/t15?,16-/m0/s1. The summed E-state index contributed by atoms with van der Waals surface area (Å²) in [5.41, 5.74) is 0.419. The zero-order chi connectivity index (χ0) is 17.4. The van der Waals surface area contributed by atoms with Crippen LogP contribution in [-0.2, 0) is 9.53 Å². The summed E-state index contributed by atoms with van der Waals surface area (Å²) in [6.45, 7) is 3.27. The van der Waals surface area contributed by atoms with E-state index in [1.165, 1.54) is 0 Å². The zero-order valence-corrected chi connectivity index (χ0v) is 14.0. The number of carboxylic acids is 1. The van der Waals surface area contributed by atoms with E-state index in [1.807, 2.05) is 6.92 Å². The number of amides is 1. The summed E-state index contributed by atoms with van der Waals surface area (Å²) in [4.78, 5) is 23.4. The Hall–Kier alpha value is -2.08. The van der Waals surface area contributed by atoms with Crippen LogP contribution in [0.1, 0.15) is 49.4 Å². The topological polar surface area (TPSA) is 84.9 Å². The lowest BCUT2D eigenvalue weighted by atomic mass is 10.1. The third-order valence-electron chi connectivity index (χ3n) is 4.03. The predicted octanol–water partition coefficient (Wildman–Crippen LogP) is 2.62. The summed E-state index contributed by atoms with van der Waals surface area (Å²) in [5, 5.41) is 11.7. The number of unbranched alkanes of at least 4 members (excludes halogenated alkanes) is 1. The molecule has 0 spiro atoms. The lowest BCUT2D eigenvalue weighted by Crippen LogP contribution is -2.40. The van der Waals surface area contributed by atoms with Crippen molar-refractivity contribution in [2.75, 3.05) is 13.2 Å². The third-order valence-corrected chi connectivity index (χ3v) is 4.03. The van der Waals surface area contributed by atoms with Gasteiger partial charge in [0.1, 0.15) is 18.4 Å². The Bertz CT molecular complexity index is 537. The maximum Gasteiger partial charge on any atom is 0.326 e. The second-order valence-corrected chi connectivity index (χ2v) is 5.98. The third kappa shape index (κ3) is 5.53. The molecule has 132 valence electrons. The van der Waals surface area contributed by atoms with Crippen molar-refractivity contribution in [3.63, 3.8) is 0 Å². The maximum absolute atomic E-state index is 12.2. The van der Waals surface area contributed by atoms with Gasteiger partial charge in [-0.3, -0.25) is 4.79 Å². The van der Waals surface area contributed by atoms with Crippen molar-refractivity contribution >= 4 is 11.9 Å². The molecule has 24 heavy (non-hydrogen) atoms. The van der Waals surface area contributed by atoms with Gasteiger partial charge in [-0.15, -0.1) is 0 Å². The monoisotopic (exact) mass is 335 g/mol. The molecule has 1 amide bonds.